The lowest BCUT2D eigenvalue weighted by Gasteiger charge is -2.12. The fraction of sp³-hybridized carbons (Fsp3) is 0.250. The van der Waals surface area contributed by atoms with Gasteiger partial charge in [-0.05, 0) is 55.3 Å². The molecule has 0 fully saturated rings. The Hall–Kier alpha value is -3.19. The standard InChI is InChI=1S/C20H20N4O3/c1-12-7-17-18(11-27-19(17)8-13(12)2)20(26)21-14-3-5-16(6-4-14)24-9-15(10-25)22-23-24/h3-9,18,25H,10-11H2,1-2H3,(H,21,26). The number of aliphatic hydroxyl groups excluding tert-OH is 1. The van der Waals surface area contributed by atoms with Crippen molar-refractivity contribution in [2.75, 3.05) is 11.9 Å². The normalized spacial score (nSPS) is 15.3. The van der Waals surface area contributed by atoms with Gasteiger partial charge in [0.2, 0.25) is 5.91 Å². The molecule has 1 aliphatic heterocycles. The van der Waals surface area contributed by atoms with E-state index in [-0.39, 0.29) is 18.4 Å². The maximum Gasteiger partial charge on any atom is 0.235 e. The largest absolute Gasteiger partial charge is 0.492 e. The first-order valence-electron chi connectivity index (χ1n) is 8.72. The third kappa shape index (κ3) is 3.29. The number of nitrogens with zero attached hydrogens (tertiary/aromatic N) is 3. The molecule has 27 heavy (non-hydrogen) atoms. The molecule has 0 aliphatic carbocycles. The van der Waals surface area contributed by atoms with Crippen LogP contribution in [0, 0.1) is 13.8 Å². The van der Waals surface area contributed by atoms with Crippen molar-refractivity contribution in [2.45, 2.75) is 26.4 Å². The van der Waals surface area contributed by atoms with Gasteiger partial charge < -0.3 is 15.2 Å². The van der Waals surface area contributed by atoms with Gasteiger partial charge in [0.05, 0.1) is 18.5 Å². The van der Waals surface area contributed by atoms with Crippen LogP contribution in [0.15, 0.2) is 42.6 Å². The average Bonchev–Trinajstić information content (AvgIpc) is 3.30. The molecule has 1 aromatic heterocycles. The summed E-state index contributed by atoms with van der Waals surface area (Å²) in [5.41, 5.74) is 5.23. The Labute approximate surface area is 156 Å². The van der Waals surface area contributed by atoms with Crippen LogP contribution in [0.4, 0.5) is 5.69 Å². The van der Waals surface area contributed by atoms with E-state index in [4.69, 9.17) is 9.84 Å². The van der Waals surface area contributed by atoms with E-state index in [0.29, 0.717) is 18.0 Å². The second-order valence-electron chi connectivity index (χ2n) is 6.69. The molecule has 7 heteroatoms. The van der Waals surface area contributed by atoms with E-state index < -0.39 is 0 Å². The second-order valence-corrected chi connectivity index (χ2v) is 6.69. The minimum absolute atomic E-state index is 0.0897. The van der Waals surface area contributed by atoms with Gasteiger partial charge >= 0.3 is 0 Å². The molecule has 0 saturated heterocycles. The summed E-state index contributed by atoms with van der Waals surface area (Å²) in [5.74, 6) is 0.383. The van der Waals surface area contributed by atoms with Gasteiger partial charge in [-0.25, -0.2) is 4.68 Å². The second kappa shape index (κ2) is 6.85. The molecular formula is C20H20N4O3. The van der Waals surface area contributed by atoms with Gasteiger partial charge in [0.15, 0.2) is 0 Å². The maximum absolute atomic E-state index is 12.7. The van der Waals surface area contributed by atoms with Crippen LogP contribution < -0.4 is 10.1 Å². The first kappa shape index (κ1) is 17.2. The summed E-state index contributed by atoms with van der Waals surface area (Å²) in [6, 6.07) is 11.3. The van der Waals surface area contributed by atoms with Crippen LogP contribution in [-0.4, -0.2) is 32.6 Å². The molecule has 1 atom stereocenters. The number of hydrogen-bond acceptors (Lipinski definition) is 5. The SMILES string of the molecule is Cc1cc2c(cc1C)C(C(=O)Nc1ccc(-n3cc(CO)nn3)cc1)CO2. The van der Waals surface area contributed by atoms with Crippen LogP contribution in [-0.2, 0) is 11.4 Å². The Morgan fingerprint density at radius 1 is 1.26 bits per heavy atom. The molecule has 0 bridgehead atoms. The van der Waals surface area contributed by atoms with E-state index in [0.717, 1.165) is 28.1 Å². The molecule has 7 nitrogen and oxygen atoms in total. The molecule has 1 unspecified atom stereocenters. The molecular weight excluding hydrogens is 344 g/mol. The maximum atomic E-state index is 12.7. The highest BCUT2D eigenvalue weighted by atomic mass is 16.5. The summed E-state index contributed by atoms with van der Waals surface area (Å²) < 4.78 is 7.27. The fourth-order valence-electron chi connectivity index (χ4n) is 3.11. The van der Waals surface area contributed by atoms with Gasteiger partial charge in [-0.2, -0.15) is 0 Å². The van der Waals surface area contributed by atoms with Crippen LogP contribution in [0.25, 0.3) is 5.69 Å². The number of rotatable bonds is 4. The van der Waals surface area contributed by atoms with Gasteiger partial charge in [0.1, 0.15) is 24.0 Å². The van der Waals surface area contributed by atoms with Crippen molar-refractivity contribution < 1.29 is 14.6 Å². The number of carbonyl (C=O) groups excluding carboxylic acids is 1. The summed E-state index contributed by atoms with van der Waals surface area (Å²) in [5, 5.41) is 19.8. The van der Waals surface area contributed by atoms with Crippen molar-refractivity contribution in [1.29, 1.82) is 0 Å². The zero-order valence-electron chi connectivity index (χ0n) is 15.1. The number of aromatic nitrogens is 3. The van der Waals surface area contributed by atoms with E-state index in [1.807, 2.05) is 50.2 Å². The lowest BCUT2D eigenvalue weighted by Crippen LogP contribution is -2.22. The first-order chi connectivity index (χ1) is 13.0. The average molecular weight is 364 g/mol. The molecule has 1 amide bonds. The Morgan fingerprint density at radius 2 is 2.00 bits per heavy atom. The summed E-state index contributed by atoms with van der Waals surface area (Å²) in [6.45, 7) is 4.27. The van der Waals surface area contributed by atoms with Gasteiger partial charge in [0.25, 0.3) is 0 Å². The summed E-state index contributed by atoms with van der Waals surface area (Å²) in [4.78, 5) is 12.7. The molecule has 138 valence electrons. The molecule has 0 radical (unpaired) electrons. The lowest BCUT2D eigenvalue weighted by molar-refractivity contribution is -0.117. The first-order valence-corrected chi connectivity index (χ1v) is 8.72. The molecule has 2 heterocycles. The number of carbonyl (C=O) groups is 1. The number of aliphatic hydroxyl groups is 1. The van der Waals surface area contributed by atoms with Crippen LogP contribution in [0.1, 0.15) is 28.3 Å². The predicted molar refractivity (Wildman–Crippen MR) is 100 cm³/mol. The molecule has 0 spiro atoms. The minimum Gasteiger partial charge on any atom is -0.492 e. The molecule has 1 aliphatic rings. The number of aryl methyl sites for hydroxylation is 2. The van der Waals surface area contributed by atoms with Crippen LogP contribution in [0.3, 0.4) is 0 Å². The molecule has 0 saturated carbocycles. The number of anilines is 1. The zero-order chi connectivity index (χ0) is 19.0. The molecule has 2 N–H and O–H groups in total. The highest BCUT2D eigenvalue weighted by Gasteiger charge is 2.31. The van der Waals surface area contributed by atoms with Crippen molar-refractivity contribution in [1.82, 2.24) is 15.0 Å². The number of fused-ring (bicyclic) bond motifs is 1. The third-order valence-electron chi connectivity index (χ3n) is 4.83. The summed E-state index contributed by atoms with van der Waals surface area (Å²) >= 11 is 0. The predicted octanol–water partition coefficient (Wildman–Crippen LogP) is 2.49. The number of amides is 1. The molecule has 4 rings (SSSR count). The van der Waals surface area contributed by atoms with Crippen LogP contribution in [0.2, 0.25) is 0 Å². The fourth-order valence-corrected chi connectivity index (χ4v) is 3.11. The smallest absolute Gasteiger partial charge is 0.235 e. The van der Waals surface area contributed by atoms with Crippen molar-refractivity contribution in [3.05, 3.63) is 65.0 Å². The topological polar surface area (TPSA) is 89.3 Å². The van der Waals surface area contributed by atoms with Crippen molar-refractivity contribution in [2.24, 2.45) is 0 Å². The van der Waals surface area contributed by atoms with Crippen molar-refractivity contribution in [3.8, 4) is 11.4 Å². The van der Waals surface area contributed by atoms with E-state index in [1.165, 1.54) is 0 Å². The minimum atomic E-state index is -0.318. The highest BCUT2D eigenvalue weighted by molar-refractivity contribution is 5.97. The number of nitrogens with one attached hydrogen (secondary N) is 1. The van der Waals surface area contributed by atoms with Crippen molar-refractivity contribution in [3.63, 3.8) is 0 Å². The Bertz CT molecular complexity index is 995. The molecule has 2 aromatic carbocycles. The van der Waals surface area contributed by atoms with Gasteiger partial charge in [-0.3, -0.25) is 4.79 Å². The van der Waals surface area contributed by atoms with Crippen LogP contribution in [0.5, 0.6) is 5.75 Å². The Kier molecular flexibility index (Phi) is 4.37. The summed E-state index contributed by atoms with van der Waals surface area (Å²) in [7, 11) is 0. The molecule has 3 aromatic rings. The zero-order valence-corrected chi connectivity index (χ0v) is 15.1. The van der Waals surface area contributed by atoms with E-state index in [2.05, 4.69) is 15.6 Å². The van der Waals surface area contributed by atoms with E-state index in [9.17, 15) is 4.79 Å². The van der Waals surface area contributed by atoms with Crippen molar-refractivity contribution >= 4 is 11.6 Å². The van der Waals surface area contributed by atoms with Crippen LogP contribution >= 0.6 is 0 Å². The number of benzene rings is 2. The highest BCUT2D eigenvalue weighted by Crippen LogP contribution is 2.36. The monoisotopic (exact) mass is 364 g/mol. The van der Waals surface area contributed by atoms with E-state index in [1.54, 1.807) is 10.9 Å². The third-order valence-corrected chi connectivity index (χ3v) is 4.83. The Balaban J connectivity index is 1.49. The van der Waals surface area contributed by atoms with Gasteiger partial charge in [-0.15, -0.1) is 5.10 Å². The Morgan fingerprint density at radius 3 is 2.70 bits per heavy atom. The number of ether oxygens (including phenoxy) is 1. The lowest BCUT2D eigenvalue weighted by atomic mass is 9.96. The van der Waals surface area contributed by atoms with Gasteiger partial charge in [0, 0.05) is 11.3 Å². The number of hydrogen-bond donors (Lipinski definition) is 2. The quantitative estimate of drug-likeness (QED) is 0.742. The summed E-state index contributed by atoms with van der Waals surface area (Å²) in [6.07, 6.45) is 1.66. The van der Waals surface area contributed by atoms with Gasteiger partial charge in [-0.1, -0.05) is 11.3 Å². The van der Waals surface area contributed by atoms with E-state index >= 15 is 0 Å².